The highest BCUT2D eigenvalue weighted by Gasteiger charge is 2.13. The molecule has 1 rings (SSSR count). The lowest BCUT2D eigenvalue weighted by Gasteiger charge is -2.20. The van der Waals surface area contributed by atoms with E-state index in [1.165, 1.54) is 24.1 Å². The Morgan fingerprint density at radius 3 is 2.89 bits per heavy atom. The molecule has 0 radical (unpaired) electrons. The molecular weight excluding hydrogens is 249 g/mol. The highest BCUT2D eigenvalue weighted by molar-refractivity contribution is 5.76. The minimum Gasteiger partial charge on any atom is -0.389 e. The van der Waals surface area contributed by atoms with E-state index in [0.29, 0.717) is 12.8 Å². The van der Waals surface area contributed by atoms with Gasteiger partial charge in [0.2, 0.25) is 5.91 Å². The van der Waals surface area contributed by atoms with Crippen molar-refractivity contribution in [2.75, 3.05) is 27.3 Å². The standard InChI is InChI=1S/C14H20FNO3/c1-16(9-13(17)10-19-2)14(18)7-6-11-4-3-5-12(15)8-11/h3-5,8,13,17H,6-7,9-10H2,1-2H3. The van der Waals surface area contributed by atoms with Crippen molar-refractivity contribution in [2.45, 2.75) is 18.9 Å². The average molecular weight is 269 g/mol. The number of ether oxygens (including phenoxy) is 1. The van der Waals surface area contributed by atoms with Gasteiger partial charge in [-0.15, -0.1) is 0 Å². The van der Waals surface area contributed by atoms with Crippen molar-refractivity contribution in [2.24, 2.45) is 0 Å². The normalized spacial score (nSPS) is 12.2. The number of amides is 1. The van der Waals surface area contributed by atoms with Crippen LogP contribution in [0.4, 0.5) is 4.39 Å². The van der Waals surface area contributed by atoms with Crippen molar-refractivity contribution in [1.82, 2.24) is 4.90 Å². The predicted molar refractivity (Wildman–Crippen MR) is 70.2 cm³/mol. The zero-order valence-corrected chi connectivity index (χ0v) is 11.3. The van der Waals surface area contributed by atoms with Gasteiger partial charge in [0, 0.05) is 27.1 Å². The minimum absolute atomic E-state index is 0.0839. The fourth-order valence-corrected chi connectivity index (χ4v) is 1.80. The molecule has 0 aliphatic heterocycles. The molecule has 5 heteroatoms. The van der Waals surface area contributed by atoms with Crippen LogP contribution >= 0.6 is 0 Å². The number of hydrogen-bond acceptors (Lipinski definition) is 3. The van der Waals surface area contributed by atoms with Crippen molar-refractivity contribution in [3.63, 3.8) is 0 Å². The highest BCUT2D eigenvalue weighted by atomic mass is 19.1. The lowest BCUT2D eigenvalue weighted by atomic mass is 10.1. The fraction of sp³-hybridized carbons (Fsp3) is 0.500. The maximum atomic E-state index is 13.0. The number of aryl methyl sites for hydroxylation is 1. The van der Waals surface area contributed by atoms with Gasteiger partial charge >= 0.3 is 0 Å². The molecule has 0 spiro atoms. The number of methoxy groups -OCH3 is 1. The lowest BCUT2D eigenvalue weighted by molar-refractivity contribution is -0.131. The van der Waals surface area contributed by atoms with Crippen LogP contribution in [0.3, 0.4) is 0 Å². The first-order valence-electron chi connectivity index (χ1n) is 6.18. The largest absolute Gasteiger partial charge is 0.389 e. The van der Waals surface area contributed by atoms with Crippen LogP contribution in [0, 0.1) is 5.82 Å². The van der Waals surface area contributed by atoms with Crippen molar-refractivity contribution >= 4 is 5.91 Å². The summed E-state index contributed by atoms with van der Waals surface area (Å²) in [5.74, 6) is -0.381. The highest BCUT2D eigenvalue weighted by Crippen LogP contribution is 2.07. The summed E-state index contributed by atoms with van der Waals surface area (Å²) in [6.07, 6.45) is 0.0918. The number of halogens is 1. The lowest BCUT2D eigenvalue weighted by Crippen LogP contribution is -2.36. The quantitative estimate of drug-likeness (QED) is 0.810. The number of aliphatic hydroxyl groups is 1. The van der Waals surface area contributed by atoms with Gasteiger partial charge in [-0.3, -0.25) is 4.79 Å². The van der Waals surface area contributed by atoms with Crippen LogP contribution in [0.5, 0.6) is 0 Å². The van der Waals surface area contributed by atoms with Crippen LogP contribution in [-0.4, -0.2) is 49.3 Å². The Bertz CT molecular complexity index is 411. The number of carbonyl (C=O) groups excluding carboxylic acids is 1. The second kappa shape index (κ2) is 7.86. The van der Waals surface area contributed by atoms with Gasteiger partial charge in [-0.05, 0) is 24.1 Å². The Kier molecular flexibility index (Phi) is 6.45. The molecule has 1 aromatic rings. The molecule has 0 heterocycles. The first kappa shape index (κ1) is 15.6. The molecule has 0 aromatic heterocycles. The van der Waals surface area contributed by atoms with Gasteiger partial charge in [-0.1, -0.05) is 12.1 Å². The summed E-state index contributed by atoms with van der Waals surface area (Å²) in [4.78, 5) is 13.3. The molecule has 0 saturated carbocycles. The second-order valence-corrected chi connectivity index (χ2v) is 4.51. The van der Waals surface area contributed by atoms with E-state index >= 15 is 0 Å². The maximum Gasteiger partial charge on any atom is 0.222 e. The molecule has 0 bridgehead atoms. The monoisotopic (exact) mass is 269 g/mol. The molecule has 1 unspecified atom stereocenters. The van der Waals surface area contributed by atoms with E-state index < -0.39 is 6.10 Å². The SMILES string of the molecule is COCC(O)CN(C)C(=O)CCc1cccc(F)c1. The summed E-state index contributed by atoms with van der Waals surface area (Å²) < 4.78 is 17.8. The predicted octanol–water partition coefficient (Wildman–Crippen LogP) is 1.22. The first-order valence-corrected chi connectivity index (χ1v) is 6.18. The fourth-order valence-electron chi connectivity index (χ4n) is 1.80. The van der Waals surface area contributed by atoms with Crippen LogP contribution in [0.2, 0.25) is 0 Å². The van der Waals surface area contributed by atoms with Gasteiger partial charge in [-0.25, -0.2) is 4.39 Å². The van der Waals surface area contributed by atoms with Gasteiger partial charge in [0.05, 0.1) is 12.7 Å². The Balaban J connectivity index is 2.38. The number of rotatable bonds is 7. The number of carbonyl (C=O) groups is 1. The zero-order chi connectivity index (χ0) is 14.3. The van der Waals surface area contributed by atoms with E-state index in [-0.39, 0.29) is 24.9 Å². The molecule has 1 N–H and O–H groups in total. The van der Waals surface area contributed by atoms with Gasteiger partial charge in [-0.2, -0.15) is 0 Å². The smallest absolute Gasteiger partial charge is 0.222 e. The van der Waals surface area contributed by atoms with Gasteiger partial charge in [0.1, 0.15) is 5.82 Å². The molecule has 1 atom stereocenters. The number of hydrogen-bond donors (Lipinski definition) is 1. The molecule has 4 nitrogen and oxygen atoms in total. The Morgan fingerprint density at radius 1 is 1.53 bits per heavy atom. The molecule has 19 heavy (non-hydrogen) atoms. The minimum atomic E-state index is -0.687. The maximum absolute atomic E-state index is 13.0. The molecule has 0 aliphatic rings. The number of aliphatic hydroxyl groups excluding tert-OH is 1. The van der Waals surface area contributed by atoms with Crippen LogP contribution in [-0.2, 0) is 16.0 Å². The summed E-state index contributed by atoms with van der Waals surface area (Å²) in [7, 11) is 3.13. The third-order valence-corrected chi connectivity index (χ3v) is 2.79. The van der Waals surface area contributed by atoms with Crippen molar-refractivity contribution in [1.29, 1.82) is 0 Å². The van der Waals surface area contributed by atoms with Crippen LogP contribution in [0.25, 0.3) is 0 Å². The van der Waals surface area contributed by atoms with Gasteiger partial charge in [0.25, 0.3) is 0 Å². The first-order chi connectivity index (χ1) is 9.02. The van der Waals surface area contributed by atoms with Crippen molar-refractivity contribution in [3.8, 4) is 0 Å². The molecule has 1 amide bonds. The second-order valence-electron chi connectivity index (χ2n) is 4.51. The van der Waals surface area contributed by atoms with E-state index in [0.717, 1.165) is 5.56 Å². The van der Waals surface area contributed by atoms with Crippen LogP contribution in [0.1, 0.15) is 12.0 Å². The Morgan fingerprint density at radius 2 is 2.26 bits per heavy atom. The Hall–Kier alpha value is -1.46. The summed E-state index contributed by atoms with van der Waals surface area (Å²) in [5.41, 5.74) is 0.791. The number of nitrogens with zero attached hydrogens (tertiary/aromatic N) is 1. The van der Waals surface area contributed by atoms with E-state index in [9.17, 15) is 14.3 Å². The zero-order valence-electron chi connectivity index (χ0n) is 11.3. The number of likely N-dealkylation sites (N-methyl/N-ethyl adjacent to an activating group) is 1. The van der Waals surface area contributed by atoms with E-state index in [1.807, 2.05) is 0 Å². The summed E-state index contributed by atoms with van der Waals surface area (Å²) in [5, 5.41) is 9.52. The average Bonchev–Trinajstić information content (AvgIpc) is 2.36. The molecule has 0 aliphatic carbocycles. The molecule has 0 saturated heterocycles. The molecule has 1 aromatic carbocycles. The molecule has 0 fully saturated rings. The van der Waals surface area contributed by atoms with Crippen molar-refractivity contribution < 1.29 is 19.0 Å². The van der Waals surface area contributed by atoms with E-state index in [2.05, 4.69) is 0 Å². The van der Waals surface area contributed by atoms with Crippen LogP contribution in [0.15, 0.2) is 24.3 Å². The summed E-state index contributed by atoms with van der Waals surface area (Å²) in [6, 6.07) is 6.21. The van der Waals surface area contributed by atoms with Gasteiger partial charge in [0.15, 0.2) is 0 Å². The van der Waals surface area contributed by atoms with Crippen LogP contribution < -0.4 is 0 Å². The topological polar surface area (TPSA) is 49.8 Å². The molecule has 106 valence electrons. The third-order valence-electron chi connectivity index (χ3n) is 2.79. The van der Waals surface area contributed by atoms with Crippen molar-refractivity contribution in [3.05, 3.63) is 35.6 Å². The Labute approximate surface area is 112 Å². The summed E-state index contributed by atoms with van der Waals surface area (Å²) >= 11 is 0. The summed E-state index contributed by atoms with van der Waals surface area (Å²) in [6.45, 7) is 0.428. The number of benzene rings is 1. The third kappa shape index (κ3) is 5.81. The molecular formula is C14H20FNO3. The van der Waals surface area contributed by atoms with E-state index in [1.54, 1.807) is 19.2 Å². The van der Waals surface area contributed by atoms with E-state index in [4.69, 9.17) is 4.74 Å². The van der Waals surface area contributed by atoms with Gasteiger partial charge < -0.3 is 14.7 Å².